The molecular formula is C13H27NO2. The van der Waals surface area contributed by atoms with E-state index in [0.29, 0.717) is 12.3 Å². The molecule has 16 heavy (non-hydrogen) atoms. The van der Waals surface area contributed by atoms with Gasteiger partial charge in [-0.25, -0.2) is 0 Å². The Kier molecular flexibility index (Phi) is 8.26. The summed E-state index contributed by atoms with van der Waals surface area (Å²) in [7, 11) is 0. The average Bonchev–Trinajstić information content (AvgIpc) is 2.76. The maximum absolute atomic E-state index is 11.4. The number of likely N-dealkylation sites (tertiary alicyclic amines) is 1. The standard InChI is InChI=1S/C11H21NO2.C2H6/c1-4-11(13)12-6-5-10(7-12)14-8-9(2)3;1-2/h9-10H,4-8H2,1-3H3;1-2H3. The molecule has 0 saturated carbocycles. The van der Waals surface area contributed by atoms with Crippen LogP contribution < -0.4 is 0 Å². The lowest BCUT2D eigenvalue weighted by molar-refractivity contribution is -0.130. The molecule has 0 bridgehead atoms. The van der Waals surface area contributed by atoms with Crippen molar-refractivity contribution in [3.8, 4) is 0 Å². The van der Waals surface area contributed by atoms with Gasteiger partial charge in [0, 0.05) is 26.1 Å². The van der Waals surface area contributed by atoms with Crippen LogP contribution in [0.15, 0.2) is 0 Å². The monoisotopic (exact) mass is 229 g/mol. The van der Waals surface area contributed by atoms with E-state index in [1.165, 1.54) is 0 Å². The van der Waals surface area contributed by atoms with Crippen molar-refractivity contribution < 1.29 is 9.53 Å². The van der Waals surface area contributed by atoms with Crippen molar-refractivity contribution in [3.05, 3.63) is 0 Å². The average molecular weight is 229 g/mol. The van der Waals surface area contributed by atoms with Gasteiger partial charge in [-0.05, 0) is 12.3 Å². The van der Waals surface area contributed by atoms with Crippen LogP contribution in [0.2, 0.25) is 0 Å². The number of nitrogens with zero attached hydrogens (tertiary/aromatic N) is 1. The Labute approximate surface area is 100 Å². The van der Waals surface area contributed by atoms with Crippen molar-refractivity contribution in [1.82, 2.24) is 4.90 Å². The second-order valence-corrected chi connectivity index (χ2v) is 4.33. The highest BCUT2D eigenvalue weighted by Crippen LogP contribution is 2.14. The topological polar surface area (TPSA) is 29.5 Å². The van der Waals surface area contributed by atoms with Crippen molar-refractivity contribution in [2.24, 2.45) is 5.92 Å². The van der Waals surface area contributed by atoms with Crippen molar-refractivity contribution in [2.75, 3.05) is 19.7 Å². The van der Waals surface area contributed by atoms with Gasteiger partial charge in [-0.3, -0.25) is 4.79 Å². The van der Waals surface area contributed by atoms with Crippen molar-refractivity contribution in [3.63, 3.8) is 0 Å². The first kappa shape index (κ1) is 15.4. The Morgan fingerprint density at radius 2 is 2.06 bits per heavy atom. The first-order valence-electron chi connectivity index (χ1n) is 6.52. The fraction of sp³-hybridized carbons (Fsp3) is 0.923. The van der Waals surface area contributed by atoms with Crippen LogP contribution in [0.25, 0.3) is 0 Å². The molecule has 0 aliphatic carbocycles. The molecule has 0 aromatic rings. The van der Waals surface area contributed by atoms with E-state index in [4.69, 9.17) is 4.74 Å². The van der Waals surface area contributed by atoms with Crippen molar-refractivity contribution >= 4 is 5.91 Å². The van der Waals surface area contributed by atoms with Crippen LogP contribution in [0.4, 0.5) is 0 Å². The van der Waals surface area contributed by atoms with Crippen LogP contribution >= 0.6 is 0 Å². The van der Waals surface area contributed by atoms with E-state index in [1.807, 2.05) is 25.7 Å². The summed E-state index contributed by atoms with van der Waals surface area (Å²) < 4.78 is 5.70. The van der Waals surface area contributed by atoms with Gasteiger partial charge in [-0.1, -0.05) is 34.6 Å². The van der Waals surface area contributed by atoms with Gasteiger partial charge in [-0.2, -0.15) is 0 Å². The zero-order chi connectivity index (χ0) is 12.6. The first-order valence-corrected chi connectivity index (χ1v) is 6.52. The highest BCUT2D eigenvalue weighted by Gasteiger charge is 2.25. The van der Waals surface area contributed by atoms with Gasteiger partial charge >= 0.3 is 0 Å². The predicted octanol–water partition coefficient (Wildman–Crippen LogP) is 2.70. The maximum atomic E-state index is 11.4. The summed E-state index contributed by atoms with van der Waals surface area (Å²) in [6, 6.07) is 0. The summed E-state index contributed by atoms with van der Waals surface area (Å²) >= 11 is 0. The third-order valence-electron chi connectivity index (χ3n) is 2.47. The zero-order valence-corrected chi connectivity index (χ0v) is 11.5. The second kappa shape index (κ2) is 8.57. The maximum Gasteiger partial charge on any atom is 0.222 e. The molecule has 1 fully saturated rings. The molecule has 0 aromatic heterocycles. The molecule has 1 saturated heterocycles. The lowest BCUT2D eigenvalue weighted by Gasteiger charge is -2.16. The molecule has 0 N–H and O–H groups in total. The largest absolute Gasteiger partial charge is 0.376 e. The first-order chi connectivity index (χ1) is 7.63. The zero-order valence-electron chi connectivity index (χ0n) is 11.5. The minimum atomic E-state index is 0.251. The van der Waals surface area contributed by atoms with Crippen molar-refractivity contribution in [2.45, 2.75) is 53.6 Å². The highest BCUT2D eigenvalue weighted by molar-refractivity contribution is 5.76. The Balaban J connectivity index is 0.00000106. The van der Waals surface area contributed by atoms with E-state index in [2.05, 4.69) is 13.8 Å². The van der Waals surface area contributed by atoms with E-state index in [0.717, 1.165) is 26.1 Å². The van der Waals surface area contributed by atoms with Gasteiger partial charge in [0.1, 0.15) is 0 Å². The van der Waals surface area contributed by atoms with E-state index in [-0.39, 0.29) is 12.0 Å². The molecule has 3 heteroatoms. The molecule has 96 valence electrons. The number of rotatable bonds is 4. The van der Waals surface area contributed by atoms with Gasteiger partial charge < -0.3 is 9.64 Å². The molecule has 1 amide bonds. The Hall–Kier alpha value is -0.570. The number of hydrogen-bond donors (Lipinski definition) is 0. The lowest BCUT2D eigenvalue weighted by Crippen LogP contribution is -2.29. The number of carbonyl (C=O) groups excluding carboxylic acids is 1. The fourth-order valence-electron chi connectivity index (χ4n) is 1.64. The molecule has 1 aliphatic heterocycles. The van der Waals surface area contributed by atoms with E-state index in [9.17, 15) is 4.79 Å². The highest BCUT2D eigenvalue weighted by atomic mass is 16.5. The summed E-state index contributed by atoms with van der Waals surface area (Å²) in [5, 5.41) is 0. The summed E-state index contributed by atoms with van der Waals surface area (Å²) in [5.41, 5.74) is 0. The molecule has 1 aliphatic rings. The van der Waals surface area contributed by atoms with Crippen LogP contribution in [0, 0.1) is 5.92 Å². The third kappa shape index (κ3) is 5.50. The van der Waals surface area contributed by atoms with Crippen LogP contribution in [-0.2, 0) is 9.53 Å². The van der Waals surface area contributed by atoms with Gasteiger partial charge in [0.15, 0.2) is 0 Å². The fourth-order valence-corrected chi connectivity index (χ4v) is 1.64. The molecule has 0 aromatic carbocycles. The summed E-state index contributed by atoms with van der Waals surface area (Å²) in [6.45, 7) is 12.7. The quantitative estimate of drug-likeness (QED) is 0.742. The number of carbonyl (C=O) groups is 1. The summed E-state index contributed by atoms with van der Waals surface area (Å²) in [4.78, 5) is 13.3. The van der Waals surface area contributed by atoms with Crippen LogP contribution in [0.1, 0.15) is 47.5 Å². The van der Waals surface area contributed by atoms with Gasteiger partial charge in [0.2, 0.25) is 5.91 Å². The van der Waals surface area contributed by atoms with Crippen LogP contribution in [-0.4, -0.2) is 36.6 Å². The van der Waals surface area contributed by atoms with E-state index >= 15 is 0 Å². The molecule has 0 radical (unpaired) electrons. The summed E-state index contributed by atoms with van der Waals surface area (Å²) in [5.74, 6) is 0.826. The minimum absolute atomic E-state index is 0.251. The molecule has 1 rings (SSSR count). The minimum Gasteiger partial charge on any atom is -0.376 e. The smallest absolute Gasteiger partial charge is 0.222 e. The summed E-state index contributed by atoms with van der Waals surface area (Å²) in [6.07, 6.45) is 1.88. The van der Waals surface area contributed by atoms with Crippen LogP contribution in [0.5, 0.6) is 0 Å². The van der Waals surface area contributed by atoms with Gasteiger partial charge in [0.05, 0.1) is 6.10 Å². The van der Waals surface area contributed by atoms with E-state index in [1.54, 1.807) is 0 Å². The lowest BCUT2D eigenvalue weighted by atomic mass is 10.2. The van der Waals surface area contributed by atoms with Crippen LogP contribution in [0.3, 0.4) is 0 Å². The van der Waals surface area contributed by atoms with Gasteiger partial charge in [0.25, 0.3) is 0 Å². The number of hydrogen-bond acceptors (Lipinski definition) is 2. The van der Waals surface area contributed by atoms with E-state index < -0.39 is 0 Å². The number of ether oxygens (including phenoxy) is 1. The normalized spacial score (nSPS) is 19.6. The third-order valence-corrected chi connectivity index (χ3v) is 2.47. The van der Waals surface area contributed by atoms with Gasteiger partial charge in [-0.15, -0.1) is 0 Å². The second-order valence-electron chi connectivity index (χ2n) is 4.33. The Morgan fingerprint density at radius 3 is 2.56 bits per heavy atom. The Bertz CT molecular complexity index is 192. The molecule has 0 spiro atoms. The molecule has 1 atom stereocenters. The molecular weight excluding hydrogens is 202 g/mol. The SMILES string of the molecule is CC.CCC(=O)N1CCC(OCC(C)C)C1. The molecule has 3 nitrogen and oxygen atoms in total. The number of amides is 1. The van der Waals surface area contributed by atoms with Crippen molar-refractivity contribution in [1.29, 1.82) is 0 Å². The Morgan fingerprint density at radius 1 is 1.44 bits per heavy atom. The molecule has 1 heterocycles. The molecule has 1 unspecified atom stereocenters. The predicted molar refractivity (Wildman–Crippen MR) is 67.4 cm³/mol.